The van der Waals surface area contributed by atoms with Gasteiger partial charge < -0.3 is 25.5 Å². The highest BCUT2D eigenvalue weighted by Gasteiger charge is 2.31. The van der Waals surface area contributed by atoms with Crippen LogP contribution in [0.4, 0.5) is 0 Å². The molecule has 1 unspecified atom stereocenters. The quantitative estimate of drug-likeness (QED) is 0.337. The lowest BCUT2D eigenvalue weighted by molar-refractivity contribution is -0.137. The van der Waals surface area contributed by atoms with Gasteiger partial charge in [-0.3, -0.25) is 28.3 Å². The summed E-state index contributed by atoms with van der Waals surface area (Å²) in [5, 5.41) is 22.1. The summed E-state index contributed by atoms with van der Waals surface area (Å²) in [6, 6.07) is -0.184. The van der Waals surface area contributed by atoms with Gasteiger partial charge in [-0.15, -0.1) is 11.3 Å². The molecule has 3 aromatic rings. The van der Waals surface area contributed by atoms with Crippen LogP contribution in [-0.2, 0) is 40.2 Å². The number of fused-ring (bicyclic) bond motifs is 2. The Morgan fingerprint density at radius 1 is 1.18 bits per heavy atom. The van der Waals surface area contributed by atoms with Crippen molar-refractivity contribution in [2.45, 2.75) is 77.8 Å². The van der Waals surface area contributed by atoms with Crippen molar-refractivity contribution >= 4 is 39.9 Å². The second-order valence-corrected chi connectivity index (χ2v) is 13.2. The summed E-state index contributed by atoms with van der Waals surface area (Å²) in [4.78, 5) is 61.8. The number of carbonyl (C=O) groups excluding carboxylic acids is 4. The monoisotopic (exact) mass is 640 g/mol. The molecule has 5 rings (SSSR count). The molecule has 0 spiro atoms. The number of amides is 4. The maximum absolute atomic E-state index is 13.5. The Bertz CT molecular complexity index is 1480. The summed E-state index contributed by atoms with van der Waals surface area (Å²) in [6.07, 6.45) is 7.54. The minimum atomic E-state index is -0.294. The molecule has 45 heavy (non-hydrogen) atoms. The number of aryl methyl sites for hydroxylation is 1. The van der Waals surface area contributed by atoms with Crippen LogP contribution in [0.25, 0.3) is 4.96 Å². The summed E-state index contributed by atoms with van der Waals surface area (Å²) >= 11 is 1.49. The molecule has 0 fully saturated rings. The average Bonchev–Trinajstić information content (AvgIpc) is 3.70. The van der Waals surface area contributed by atoms with Crippen LogP contribution in [0, 0.1) is 5.92 Å². The number of imidazole rings is 1. The number of aliphatic hydroxyl groups is 1. The number of rotatable bonds is 8. The van der Waals surface area contributed by atoms with Crippen molar-refractivity contribution in [2.24, 2.45) is 5.92 Å². The van der Waals surface area contributed by atoms with Crippen LogP contribution in [0.3, 0.4) is 0 Å². The van der Waals surface area contributed by atoms with E-state index in [-0.39, 0.29) is 75.3 Å². The fourth-order valence-electron chi connectivity index (χ4n) is 6.02. The number of thiazole rings is 1. The second-order valence-electron chi connectivity index (χ2n) is 12.3. The molecule has 2 bridgehead atoms. The number of carbonyl (C=O) groups is 4. The van der Waals surface area contributed by atoms with Crippen molar-refractivity contribution < 1.29 is 24.3 Å². The van der Waals surface area contributed by atoms with Crippen molar-refractivity contribution in [1.29, 1.82) is 0 Å². The molecule has 0 aromatic carbocycles. The van der Waals surface area contributed by atoms with Crippen LogP contribution in [0.15, 0.2) is 17.8 Å². The lowest BCUT2D eigenvalue weighted by atomic mass is 9.91. The molecule has 1 atom stereocenters. The maximum atomic E-state index is 13.5. The molecule has 13 nitrogen and oxygen atoms in total. The summed E-state index contributed by atoms with van der Waals surface area (Å²) in [7, 11) is 0. The molecule has 4 heterocycles. The van der Waals surface area contributed by atoms with Gasteiger partial charge >= 0.3 is 0 Å². The molecule has 0 saturated carbocycles. The van der Waals surface area contributed by atoms with Crippen LogP contribution in [0.1, 0.15) is 73.4 Å². The molecule has 3 aromatic heterocycles. The zero-order chi connectivity index (χ0) is 31.9. The third-order valence-corrected chi connectivity index (χ3v) is 9.20. The molecule has 1 aliphatic carbocycles. The zero-order valence-corrected chi connectivity index (χ0v) is 27.0. The Labute approximate surface area is 267 Å². The lowest BCUT2D eigenvalue weighted by Gasteiger charge is -2.27. The van der Waals surface area contributed by atoms with E-state index in [0.717, 1.165) is 22.6 Å². The largest absolute Gasteiger partial charge is 0.396 e. The first-order valence-corrected chi connectivity index (χ1v) is 16.8. The van der Waals surface area contributed by atoms with E-state index in [1.807, 2.05) is 26.9 Å². The van der Waals surface area contributed by atoms with E-state index < -0.39 is 0 Å². The topological polar surface area (TPSA) is 154 Å². The minimum absolute atomic E-state index is 0.0878. The molecule has 4 amide bonds. The molecule has 3 N–H and O–H groups in total. The SMILES string of the molecule is CC(C)CCn1nc2c3c1CCC(C3)NC(=O)CN(CCCO)C(=O)CCCN(C(=O)Cc1cn3ccsc3n1)CCNC2=O. The van der Waals surface area contributed by atoms with Crippen molar-refractivity contribution in [2.75, 3.05) is 39.3 Å². The summed E-state index contributed by atoms with van der Waals surface area (Å²) < 4.78 is 3.83. The summed E-state index contributed by atoms with van der Waals surface area (Å²) in [5.74, 6) is -0.422. The van der Waals surface area contributed by atoms with Crippen molar-refractivity contribution in [3.05, 3.63) is 40.4 Å². The zero-order valence-electron chi connectivity index (χ0n) is 26.2. The highest BCUT2D eigenvalue weighted by molar-refractivity contribution is 7.15. The normalized spacial score (nSPS) is 18.8. The van der Waals surface area contributed by atoms with E-state index in [9.17, 15) is 24.3 Å². The second kappa shape index (κ2) is 15.0. The van der Waals surface area contributed by atoms with Crippen LogP contribution in [0.2, 0.25) is 0 Å². The molecular formula is C31H44N8O5S. The molecule has 14 heteroatoms. The minimum Gasteiger partial charge on any atom is -0.396 e. The van der Waals surface area contributed by atoms with Gasteiger partial charge in [0.05, 0.1) is 18.7 Å². The van der Waals surface area contributed by atoms with Gasteiger partial charge in [-0.2, -0.15) is 5.10 Å². The predicted octanol–water partition coefficient (Wildman–Crippen LogP) is 1.42. The number of aromatic nitrogens is 4. The maximum Gasteiger partial charge on any atom is 0.272 e. The number of nitrogens with zero attached hydrogens (tertiary/aromatic N) is 6. The molecular weight excluding hydrogens is 596 g/mol. The van der Waals surface area contributed by atoms with Gasteiger partial charge in [0, 0.05) is 80.8 Å². The highest BCUT2D eigenvalue weighted by atomic mass is 32.1. The summed E-state index contributed by atoms with van der Waals surface area (Å²) in [6.45, 7) is 5.90. The molecule has 0 saturated heterocycles. The first-order valence-electron chi connectivity index (χ1n) is 16.0. The van der Waals surface area contributed by atoms with Gasteiger partial charge in [0.15, 0.2) is 10.7 Å². The average molecular weight is 641 g/mol. The summed E-state index contributed by atoms with van der Waals surface area (Å²) in [5.41, 5.74) is 2.90. The van der Waals surface area contributed by atoms with Gasteiger partial charge in [0.1, 0.15) is 0 Å². The van der Waals surface area contributed by atoms with Gasteiger partial charge in [-0.1, -0.05) is 13.8 Å². The Kier molecular flexibility index (Phi) is 10.9. The van der Waals surface area contributed by atoms with E-state index in [1.165, 1.54) is 16.2 Å². The Balaban J connectivity index is 1.37. The highest BCUT2D eigenvalue weighted by Crippen LogP contribution is 2.26. The predicted molar refractivity (Wildman–Crippen MR) is 169 cm³/mol. The van der Waals surface area contributed by atoms with E-state index in [2.05, 4.69) is 29.5 Å². The fraction of sp³-hybridized carbons (Fsp3) is 0.613. The number of nitrogens with one attached hydrogen (secondary N) is 2. The first-order chi connectivity index (χ1) is 21.7. The van der Waals surface area contributed by atoms with Crippen LogP contribution >= 0.6 is 11.3 Å². The van der Waals surface area contributed by atoms with Crippen LogP contribution < -0.4 is 10.6 Å². The third-order valence-electron chi connectivity index (χ3n) is 8.43. The van der Waals surface area contributed by atoms with E-state index in [0.29, 0.717) is 62.5 Å². The van der Waals surface area contributed by atoms with Gasteiger partial charge in [-0.25, -0.2) is 4.98 Å². The molecule has 0 radical (unpaired) electrons. The Hall–Kier alpha value is -3.78. The fourth-order valence-corrected chi connectivity index (χ4v) is 6.73. The van der Waals surface area contributed by atoms with E-state index in [1.54, 1.807) is 4.90 Å². The molecule has 2 aliphatic rings. The van der Waals surface area contributed by atoms with Crippen molar-refractivity contribution in [3.63, 3.8) is 0 Å². The van der Waals surface area contributed by atoms with Gasteiger partial charge in [0.2, 0.25) is 17.7 Å². The van der Waals surface area contributed by atoms with Crippen molar-refractivity contribution in [1.82, 2.24) is 39.6 Å². The van der Waals surface area contributed by atoms with Crippen molar-refractivity contribution in [3.8, 4) is 0 Å². The Morgan fingerprint density at radius 2 is 2.02 bits per heavy atom. The van der Waals surface area contributed by atoms with Crippen LogP contribution in [0.5, 0.6) is 0 Å². The number of hydrogen-bond donors (Lipinski definition) is 3. The van der Waals surface area contributed by atoms with Crippen LogP contribution in [-0.4, -0.2) is 103 Å². The van der Waals surface area contributed by atoms with E-state index >= 15 is 0 Å². The standard InChI is InChI=1S/C31H44N8O5S/c1-21(2)8-12-39-25-7-6-22-17-24(25)29(35-39)30(44)32-9-13-36(28(43)18-23-19-38-14-16-45-31(38)34-23)10-3-5-27(42)37(11-4-15-40)20-26(41)33-22/h14,16,19,21-22,40H,3-13,15,17-18,20H2,1-2H3,(H,32,44)(H,33,41). The molecule has 1 aliphatic heterocycles. The van der Waals surface area contributed by atoms with Gasteiger partial charge in [0.25, 0.3) is 5.91 Å². The first kappa shape index (κ1) is 32.6. The Morgan fingerprint density at radius 3 is 2.80 bits per heavy atom. The molecule has 244 valence electrons. The smallest absolute Gasteiger partial charge is 0.272 e. The number of aliphatic hydroxyl groups excluding tert-OH is 1. The number of hydrogen-bond acceptors (Lipinski definition) is 8. The van der Waals surface area contributed by atoms with Gasteiger partial charge in [-0.05, 0) is 44.4 Å². The lowest BCUT2D eigenvalue weighted by Crippen LogP contribution is -2.46. The third kappa shape index (κ3) is 8.28. The van der Waals surface area contributed by atoms with E-state index in [4.69, 9.17) is 5.10 Å².